The first-order valence-corrected chi connectivity index (χ1v) is 7.97. The van der Waals surface area contributed by atoms with Crippen LogP contribution in [0.2, 0.25) is 0 Å². The lowest BCUT2D eigenvalue weighted by atomic mass is 10.1. The van der Waals surface area contributed by atoms with Crippen LogP contribution in [0.3, 0.4) is 0 Å². The van der Waals surface area contributed by atoms with Crippen molar-refractivity contribution in [2.45, 2.75) is 52.3 Å². The van der Waals surface area contributed by atoms with Crippen LogP contribution in [0, 0.1) is 5.92 Å². The molecule has 0 heterocycles. The maximum absolute atomic E-state index is 9.93. The molecule has 0 radical (unpaired) electrons. The van der Waals surface area contributed by atoms with Gasteiger partial charge in [0.15, 0.2) is 11.5 Å². The van der Waals surface area contributed by atoms with Crippen molar-refractivity contribution in [3.05, 3.63) is 35.9 Å². The minimum Gasteiger partial charge on any atom is -0.504 e. The van der Waals surface area contributed by atoms with Crippen LogP contribution in [0.4, 0.5) is 0 Å². The fourth-order valence-electron chi connectivity index (χ4n) is 2.14. The first-order valence-electron chi connectivity index (χ1n) is 7.97. The van der Waals surface area contributed by atoms with Gasteiger partial charge in [-0.1, -0.05) is 32.1 Å². The molecule has 1 unspecified atom stereocenters. The molecule has 0 spiro atoms. The lowest BCUT2D eigenvalue weighted by Crippen LogP contribution is -2.27. The molecule has 3 N–H and O–H groups in total. The van der Waals surface area contributed by atoms with E-state index < -0.39 is 6.23 Å². The number of nitrogens with one attached hydrogen (secondary N) is 1. The van der Waals surface area contributed by atoms with Gasteiger partial charge in [0.1, 0.15) is 6.23 Å². The van der Waals surface area contributed by atoms with Crippen LogP contribution in [-0.2, 0) is 6.54 Å². The molecule has 0 aliphatic carbocycles. The summed E-state index contributed by atoms with van der Waals surface area (Å²) in [7, 11) is 1.52. The summed E-state index contributed by atoms with van der Waals surface area (Å²) < 4.78 is 5.06. The third kappa shape index (κ3) is 7.48. The number of ether oxygens (including phenoxy) is 1. The Morgan fingerprint density at radius 1 is 1.27 bits per heavy atom. The van der Waals surface area contributed by atoms with E-state index in [-0.39, 0.29) is 5.75 Å². The first-order chi connectivity index (χ1) is 10.5. The molecule has 0 bridgehead atoms. The zero-order valence-electron chi connectivity index (χ0n) is 13.9. The summed E-state index contributed by atoms with van der Waals surface area (Å²) in [6.45, 7) is 4.88. The summed E-state index contributed by atoms with van der Waals surface area (Å²) in [5.41, 5.74) is 0.966. The summed E-state index contributed by atoms with van der Waals surface area (Å²) in [5.74, 6) is 1.18. The van der Waals surface area contributed by atoms with Gasteiger partial charge < -0.3 is 14.9 Å². The van der Waals surface area contributed by atoms with Gasteiger partial charge in [-0.25, -0.2) is 0 Å². The normalized spacial score (nSPS) is 13.0. The number of aromatic hydroxyl groups is 1. The van der Waals surface area contributed by atoms with Crippen LogP contribution in [-0.4, -0.2) is 23.6 Å². The summed E-state index contributed by atoms with van der Waals surface area (Å²) in [5, 5.41) is 22.5. The van der Waals surface area contributed by atoms with E-state index in [1.807, 2.05) is 6.07 Å². The van der Waals surface area contributed by atoms with Crippen molar-refractivity contribution in [1.82, 2.24) is 5.32 Å². The quantitative estimate of drug-likeness (QED) is 0.351. The summed E-state index contributed by atoms with van der Waals surface area (Å²) in [6.07, 6.45) is 7.82. The lowest BCUT2D eigenvalue weighted by molar-refractivity contribution is 0.123. The second kappa shape index (κ2) is 10.2. The van der Waals surface area contributed by atoms with Crippen molar-refractivity contribution in [3.8, 4) is 11.5 Å². The fraction of sp³-hybridized carbons (Fsp3) is 0.556. The molecule has 1 atom stereocenters. The van der Waals surface area contributed by atoms with Gasteiger partial charge in [0.25, 0.3) is 0 Å². The van der Waals surface area contributed by atoms with Gasteiger partial charge in [0, 0.05) is 6.54 Å². The Labute approximate surface area is 133 Å². The molecule has 1 aromatic rings. The molecule has 4 nitrogen and oxygen atoms in total. The van der Waals surface area contributed by atoms with Gasteiger partial charge in [0.2, 0.25) is 0 Å². The highest BCUT2D eigenvalue weighted by molar-refractivity contribution is 5.41. The van der Waals surface area contributed by atoms with Gasteiger partial charge in [-0.05, 0) is 49.3 Å². The highest BCUT2D eigenvalue weighted by Crippen LogP contribution is 2.26. The third-order valence-electron chi connectivity index (χ3n) is 3.41. The third-order valence-corrected chi connectivity index (χ3v) is 3.41. The molecule has 124 valence electrons. The number of aliphatic hydroxyl groups excluding tert-OH is 1. The van der Waals surface area contributed by atoms with E-state index >= 15 is 0 Å². The molecule has 4 heteroatoms. The molecule has 0 saturated carbocycles. The topological polar surface area (TPSA) is 61.7 Å². The fourth-order valence-corrected chi connectivity index (χ4v) is 2.14. The summed E-state index contributed by atoms with van der Waals surface area (Å²) >= 11 is 0. The summed E-state index contributed by atoms with van der Waals surface area (Å²) in [4.78, 5) is 0. The first kappa shape index (κ1) is 18.5. The molecule has 0 fully saturated rings. The number of phenolic OH excluding ortho intramolecular Hbond substituents is 1. The number of hydrogen-bond acceptors (Lipinski definition) is 4. The van der Waals surface area contributed by atoms with Gasteiger partial charge in [0.05, 0.1) is 7.11 Å². The molecular formula is C18H29NO3. The SMILES string of the molecule is COc1cc(CNC(O)CCCCC=CC(C)C)ccc1O. The Morgan fingerprint density at radius 2 is 2.05 bits per heavy atom. The Morgan fingerprint density at radius 3 is 2.73 bits per heavy atom. The molecule has 0 aromatic heterocycles. The van der Waals surface area contributed by atoms with Crippen LogP contribution in [0.15, 0.2) is 30.4 Å². The maximum atomic E-state index is 9.93. The van der Waals surface area contributed by atoms with Gasteiger partial charge >= 0.3 is 0 Å². The van der Waals surface area contributed by atoms with E-state index in [0.29, 0.717) is 18.2 Å². The largest absolute Gasteiger partial charge is 0.504 e. The predicted molar refractivity (Wildman–Crippen MR) is 90.0 cm³/mol. The smallest absolute Gasteiger partial charge is 0.160 e. The number of phenols is 1. The average molecular weight is 307 g/mol. The molecule has 0 aliphatic rings. The molecule has 0 aliphatic heterocycles. The Kier molecular flexibility index (Phi) is 8.63. The van der Waals surface area contributed by atoms with Crippen LogP contribution in [0.1, 0.15) is 45.1 Å². The number of aliphatic hydroxyl groups is 1. The van der Waals surface area contributed by atoms with Crippen LogP contribution < -0.4 is 10.1 Å². The van der Waals surface area contributed by atoms with Gasteiger partial charge in [-0.2, -0.15) is 0 Å². The molecule has 1 aromatic carbocycles. The van der Waals surface area contributed by atoms with Gasteiger partial charge in [-0.3, -0.25) is 5.32 Å². The number of allylic oxidation sites excluding steroid dienone is 2. The van der Waals surface area contributed by atoms with Crippen molar-refractivity contribution < 1.29 is 14.9 Å². The second-order valence-corrected chi connectivity index (χ2v) is 5.86. The number of benzene rings is 1. The minimum absolute atomic E-state index is 0.126. The van der Waals surface area contributed by atoms with E-state index in [0.717, 1.165) is 31.2 Å². The van der Waals surface area contributed by atoms with Crippen molar-refractivity contribution in [2.24, 2.45) is 5.92 Å². The van der Waals surface area contributed by atoms with Gasteiger partial charge in [-0.15, -0.1) is 0 Å². The van der Waals surface area contributed by atoms with Crippen LogP contribution in [0.25, 0.3) is 0 Å². The maximum Gasteiger partial charge on any atom is 0.160 e. The van der Waals surface area contributed by atoms with Crippen molar-refractivity contribution in [3.63, 3.8) is 0 Å². The van der Waals surface area contributed by atoms with Crippen LogP contribution in [0.5, 0.6) is 11.5 Å². The number of methoxy groups -OCH3 is 1. The Hall–Kier alpha value is -1.52. The number of rotatable bonds is 10. The van der Waals surface area contributed by atoms with Crippen molar-refractivity contribution in [2.75, 3.05) is 7.11 Å². The lowest BCUT2D eigenvalue weighted by Gasteiger charge is -2.13. The highest BCUT2D eigenvalue weighted by Gasteiger charge is 2.06. The Bertz CT molecular complexity index is 458. The zero-order chi connectivity index (χ0) is 16.4. The van der Waals surface area contributed by atoms with E-state index in [4.69, 9.17) is 4.74 Å². The van der Waals surface area contributed by atoms with Crippen LogP contribution >= 0.6 is 0 Å². The minimum atomic E-state index is -0.506. The van der Waals surface area contributed by atoms with Crippen molar-refractivity contribution in [1.29, 1.82) is 0 Å². The zero-order valence-corrected chi connectivity index (χ0v) is 13.9. The average Bonchev–Trinajstić information content (AvgIpc) is 2.49. The van der Waals surface area contributed by atoms with E-state index in [2.05, 4.69) is 31.3 Å². The standard InChI is InChI=1S/C18H29NO3/c1-14(2)8-6-4-5-7-9-18(21)19-13-15-10-11-16(20)17(12-15)22-3/h6,8,10-12,14,18-21H,4-5,7,9,13H2,1-3H3. The molecule has 0 amide bonds. The summed E-state index contributed by atoms with van der Waals surface area (Å²) in [6, 6.07) is 5.18. The Balaban J connectivity index is 2.21. The monoisotopic (exact) mass is 307 g/mol. The second-order valence-electron chi connectivity index (χ2n) is 5.86. The van der Waals surface area contributed by atoms with E-state index in [9.17, 15) is 10.2 Å². The molecule has 1 rings (SSSR count). The number of unbranched alkanes of at least 4 members (excludes halogenated alkanes) is 2. The predicted octanol–water partition coefficient (Wildman–Crippen LogP) is 3.58. The van der Waals surface area contributed by atoms with Crippen molar-refractivity contribution >= 4 is 0 Å². The molecular weight excluding hydrogens is 278 g/mol. The highest BCUT2D eigenvalue weighted by atomic mass is 16.5. The molecule has 0 saturated heterocycles. The van der Waals surface area contributed by atoms with E-state index in [1.54, 1.807) is 12.1 Å². The molecule has 22 heavy (non-hydrogen) atoms. The van der Waals surface area contributed by atoms with E-state index in [1.165, 1.54) is 7.11 Å². The number of hydrogen-bond donors (Lipinski definition) is 3.